The third kappa shape index (κ3) is 3.85. The van der Waals surface area contributed by atoms with Crippen LogP contribution in [-0.2, 0) is 16.1 Å². The van der Waals surface area contributed by atoms with Crippen molar-refractivity contribution in [2.24, 2.45) is 5.92 Å². The fourth-order valence-corrected chi connectivity index (χ4v) is 3.87. The van der Waals surface area contributed by atoms with Gasteiger partial charge in [0.25, 0.3) is 0 Å². The SMILES string of the molecule is CCOc1ccccc1N1CC(C(=O)N2CCOc3cc(O)ccc3C2)CC1=O. The molecule has 29 heavy (non-hydrogen) atoms. The number of fused-ring (bicyclic) bond motifs is 1. The molecule has 0 saturated carbocycles. The first-order chi connectivity index (χ1) is 14.1. The highest BCUT2D eigenvalue weighted by molar-refractivity contribution is 6.01. The molecule has 152 valence electrons. The molecular formula is C22H24N2O5. The number of amides is 2. The zero-order valence-corrected chi connectivity index (χ0v) is 16.3. The molecule has 2 amide bonds. The molecule has 0 spiro atoms. The van der Waals surface area contributed by atoms with Gasteiger partial charge in [-0.3, -0.25) is 9.59 Å². The fourth-order valence-electron chi connectivity index (χ4n) is 3.87. The van der Waals surface area contributed by atoms with E-state index in [4.69, 9.17) is 9.47 Å². The summed E-state index contributed by atoms with van der Waals surface area (Å²) < 4.78 is 11.3. The molecule has 4 rings (SSSR count). The van der Waals surface area contributed by atoms with Crippen LogP contribution in [0.3, 0.4) is 0 Å². The molecule has 1 unspecified atom stereocenters. The van der Waals surface area contributed by atoms with Gasteiger partial charge in [-0.05, 0) is 31.2 Å². The molecule has 2 aliphatic heterocycles. The van der Waals surface area contributed by atoms with Crippen LogP contribution < -0.4 is 14.4 Å². The minimum absolute atomic E-state index is 0.0562. The second kappa shape index (κ2) is 8.03. The molecule has 1 saturated heterocycles. The number of carbonyl (C=O) groups excluding carboxylic acids is 2. The molecule has 0 radical (unpaired) electrons. The van der Waals surface area contributed by atoms with Gasteiger partial charge in [-0.15, -0.1) is 0 Å². The molecule has 2 aromatic carbocycles. The van der Waals surface area contributed by atoms with Crippen molar-refractivity contribution in [1.82, 2.24) is 4.90 Å². The number of benzene rings is 2. The number of anilines is 1. The first kappa shape index (κ1) is 19.1. The lowest BCUT2D eigenvalue weighted by atomic mass is 10.1. The number of para-hydroxylation sites is 2. The third-order valence-corrected chi connectivity index (χ3v) is 5.27. The summed E-state index contributed by atoms with van der Waals surface area (Å²) in [6.45, 7) is 3.92. The Kier molecular flexibility index (Phi) is 5.29. The standard InChI is InChI=1S/C22H24N2O5/c1-2-28-19-6-4-3-5-18(19)24-14-16(11-21(24)26)22(27)23-9-10-29-20-12-17(25)8-7-15(20)13-23/h3-8,12,16,25H,2,9-11,13-14H2,1H3. The van der Waals surface area contributed by atoms with Gasteiger partial charge in [-0.25, -0.2) is 0 Å². The predicted octanol–water partition coefficient (Wildman–Crippen LogP) is 2.57. The molecule has 1 N–H and O–H groups in total. The van der Waals surface area contributed by atoms with Gasteiger partial charge in [0, 0.05) is 31.1 Å². The number of rotatable bonds is 4. The molecule has 0 bridgehead atoms. The summed E-state index contributed by atoms with van der Waals surface area (Å²) >= 11 is 0. The van der Waals surface area contributed by atoms with Gasteiger partial charge in [-0.2, -0.15) is 0 Å². The number of hydrogen-bond donors (Lipinski definition) is 1. The van der Waals surface area contributed by atoms with E-state index >= 15 is 0 Å². The van der Waals surface area contributed by atoms with Crippen molar-refractivity contribution in [1.29, 1.82) is 0 Å². The van der Waals surface area contributed by atoms with E-state index in [2.05, 4.69) is 0 Å². The Morgan fingerprint density at radius 1 is 1.28 bits per heavy atom. The predicted molar refractivity (Wildman–Crippen MR) is 107 cm³/mol. The van der Waals surface area contributed by atoms with Gasteiger partial charge in [0.1, 0.15) is 23.9 Å². The second-order valence-electron chi connectivity index (χ2n) is 7.21. The Morgan fingerprint density at radius 2 is 2.10 bits per heavy atom. The quantitative estimate of drug-likeness (QED) is 0.859. The van der Waals surface area contributed by atoms with Crippen LogP contribution in [0.4, 0.5) is 5.69 Å². The van der Waals surface area contributed by atoms with E-state index in [9.17, 15) is 14.7 Å². The van der Waals surface area contributed by atoms with E-state index in [1.165, 1.54) is 0 Å². The molecule has 2 aromatic rings. The summed E-state index contributed by atoms with van der Waals surface area (Å²) in [5.74, 6) is 0.832. The molecule has 7 nitrogen and oxygen atoms in total. The lowest BCUT2D eigenvalue weighted by Crippen LogP contribution is -2.38. The second-order valence-corrected chi connectivity index (χ2v) is 7.21. The number of phenols is 1. The third-order valence-electron chi connectivity index (χ3n) is 5.27. The Morgan fingerprint density at radius 3 is 2.93 bits per heavy atom. The Hall–Kier alpha value is -3.22. The van der Waals surface area contributed by atoms with Gasteiger partial charge in [0.2, 0.25) is 11.8 Å². The number of ether oxygens (including phenoxy) is 2. The first-order valence-corrected chi connectivity index (χ1v) is 9.82. The number of carbonyl (C=O) groups is 2. The van der Waals surface area contributed by atoms with Crippen LogP contribution in [0.15, 0.2) is 42.5 Å². The van der Waals surface area contributed by atoms with E-state index in [-0.39, 0.29) is 24.0 Å². The average molecular weight is 396 g/mol. The lowest BCUT2D eigenvalue weighted by Gasteiger charge is -2.24. The van der Waals surface area contributed by atoms with Crippen LogP contribution in [-0.4, -0.2) is 48.1 Å². The van der Waals surface area contributed by atoms with Gasteiger partial charge >= 0.3 is 0 Å². The maximum absolute atomic E-state index is 13.2. The largest absolute Gasteiger partial charge is 0.508 e. The number of aromatic hydroxyl groups is 1. The summed E-state index contributed by atoms with van der Waals surface area (Å²) in [6, 6.07) is 12.3. The van der Waals surface area contributed by atoms with E-state index in [1.54, 1.807) is 28.0 Å². The average Bonchev–Trinajstić information content (AvgIpc) is 2.97. The van der Waals surface area contributed by atoms with Crippen molar-refractivity contribution >= 4 is 17.5 Å². The molecular weight excluding hydrogens is 372 g/mol. The Balaban J connectivity index is 1.50. The summed E-state index contributed by atoms with van der Waals surface area (Å²) in [7, 11) is 0. The normalized spacial score (nSPS) is 18.8. The Labute approximate surface area is 169 Å². The zero-order chi connectivity index (χ0) is 20.4. The maximum atomic E-state index is 13.2. The smallest absolute Gasteiger partial charge is 0.228 e. The van der Waals surface area contributed by atoms with Crippen molar-refractivity contribution in [3.63, 3.8) is 0 Å². The van der Waals surface area contributed by atoms with Crippen LogP contribution in [0.1, 0.15) is 18.9 Å². The minimum Gasteiger partial charge on any atom is -0.508 e. The number of nitrogens with zero attached hydrogens (tertiary/aromatic N) is 2. The number of phenolic OH excluding ortho intramolecular Hbond substituents is 1. The van der Waals surface area contributed by atoms with Crippen molar-refractivity contribution in [2.75, 3.05) is 31.2 Å². The van der Waals surface area contributed by atoms with E-state index in [0.29, 0.717) is 50.0 Å². The van der Waals surface area contributed by atoms with E-state index < -0.39 is 5.92 Å². The van der Waals surface area contributed by atoms with Gasteiger partial charge in [0.15, 0.2) is 0 Å². The fraction of sp³-hybridized carbons (Fsp3) is 0.364. The molecule has 2 aliphatic rings. The topological polar surface area (TPSA) is 79.3 Å². The monoisotopic (exact) mass is 396 g/mol. The maximum Gasteiger partial charge on any atom is 0.228 e. The summed E-state index contributed by atoms with van der Waals surface area (Å²) in [6.07, 6.45) is 0.180. The van der Waals surface area contributed by atoms with Gasteiger partial charge in [-0.1, -0.05) is 12.1 Å². The van der Waals surface area contributed by atoms with E-state index in [0.717, 1.165) is 5.56 Å². The number of hydrogen-bond acceptors (Lipinski definition) is 5. The van der Waals surface area contributed by atoms with Gasteiger partial charge < -0.3 is 24.4 Å². The summed E-state index contributed by atoms with van der Waals surface area (Å²) in [5, 5.41) is 9.64. The molecule has 0 aliphatic carbocycles. The van der Waals surface area contributed by atoms with Crippen molar-refractivity contribution in [3.8, 4) is 17.2 Å². The van der Waals surface area contributed by atoms with Crippen LogP contribution in [0.25, 0.3) is 0 Å². The molecule has 1 atom stereocenters. The highest BCUT2D eigenvalue weighted by Crippen LogP contribution is 2.34. The van der Waals surface area contributed by atoms with Crippen molar-refractivity contribution in [2.45, 2.75) is 19.9 Å². The van der Waals surface area contributed by atoms with E-state index in [1.807, 2.05) is 31.2 Å². The Bertz CT molecular complexity index is 929. The summed E-state index contributed by atoms with van der Waals surface area (Å²) in [4.78, 5) is 29.2. The molecule has 0 aromatic heterocycles. The lowest BCUT2D eigenvalue weighted by molar-refractivity contribution is -0.136. The molecule has 1 fully saturated rings. The van der Waals surface area contributed by atoms with Crippen molar-refractivity contribution in [3.05, 3.63) is 48.0 Å². The highest BCUT2D eigenvalue weighted by Gasteiger charge is 2.38. The van der Waals surface area contributed by atoms with Crippen LogP contribution >= 0.6 is 0 Å². The minimum atomic E-state index is -0.407. The van der Waals surface area contributed by atoms with Gasteiger partial charge in [0.05, 0.1) is 24.8 Å². The zero-order valence-electron chi connectivity index (χ0n) is 16.3. The molecule has 2 heterocycles. The first-order valence-electron chi connectivity index (χ1n) is 9.82. The summed E-state index contributed by atoms with van der Waals surface area (Å²) in [5.41, 5.74) is 1.55. The van der Waals surface area contributed by atoms with Crippen LogP contribution in [0.2, 0.25) is 0 Å². The van der Waals surface area contributed by atoms with Crippen LogP contribution in [0, 0.1) is 5.92 Å². The molecule has 7 heteroatoms. The highest BCUT2D eigenvalue weighted by atomic mass is 16.5. The van der Waals surface area contributed by atoms with Crippen LogP contribution in [0.5, 0.6) is 17.2 Å². The van der Waals surface area contributed by atoms with Crippen molar-refractivity contribution < 1.29 is 24.2 Å².